The first-order chi connectivity index (χ1) is 7.50. The molecule has 5 nitrogen and oxygen atoms in total. The second-order valence-corrected chi connectivity index (χ2v) is 3.45. The lowest BCUT2D eigenvalue weighted by Crippen LogP contribution is -2.11. The van der Waals surface area contributed by atoms with Crippen LogP contribution in [0.25, 0.3) is 0 Å². The molecule has 0 bridgehead atoms. The lowest BCUT2D eigenvalue weighted by Gasteiger charge is -2.06. The van der Waals surface area contributed by atoms with Gasteiger partial charge in [0.25, 0.3) is 0 Å². The Balaban J connectivity index is 2.65. The zero-order valence-corrected chi connectivity index (χ0v) is 9.03. The van der Waals surface area contributed by atoms with Gasteiger partial charge in [-0.05, 0) is 18.2 Å². The van der Waals surface area contributed by atoms with E-state index < -0.39 is 11.9 Å². The molecule has 0 aliphatic heterocycles. The zero-order valence-electron chi connectivity index (χ0n) is 8.27. The van der Waals surface area contributed by atoms with E-state index >= 15 is 0 Å². The topological polar surface area (TPSA) is 89.6 Å². The minimum absolute atomic E-state index is 0.137. The van der Waals surface area contributed by atoms with Crippen LogP contribution >= 0.6 is 11.6 Å². The zero-order chi connectivity index (χ0) is 12.1. The van der Waals surface area contributed by atoms with Crippen LogP contribution in [0, 0.1) is 0 Å². The number of rotatable bonds is 4. The van der Waals surface area contributed by atoms with E-state index in [9.17, 15) is 9.59 Å². The molecule has 6 heteroatoms. The molecule has 1 aromatic carbocycles. The fourth-order valence-corrected chi connectivity index (χ4v) is 1.19. The minimum atomic E-state index is -1.04. The lowest BCUT2D eigenvalue weighted by atomic mass is 10.2. The van der Waals surface area contributed by atoms with Crippen molar-refractivity contribution in [3.05, 3.63) is 28.8 Å². The van der Waals surface area contributed by atoms with Gasteiger partial charge in [0.2, 0.25) is 0 Å². The van der Waals surface area contributed by atoms with Crippen molar-refractivity contribution >= 4 is 29.2 Å². The number of anilines is 1. The number of halogens is 1. The summed E-state index contributed by atoms with van der Waals surface area (Å²) in [7, 11) is 0. The number of esters is 1. The van der Waals surface area contributed by atoms with Crippen molar-refractivity contribution < 1.29 is 19.4 Å². The molecule has 0 atom stereocenters. The van der Waals surface area contributed by atoms with E-state index in [1.54, 1.807) is 6.07 Å². The molecule has 1 rings (SSSR count). The minimum Gasteiger partial charge on any atom is -0.481 e. The SMILES string of the molecule is Nc1ccc(Cl)cc1C(=O)OCCC(=O)O. The van der Waals surface area contributed by atoms with E-state index in [-0.39, 0.29) is 24.3 Å². The molecule has 0 heterocycles. The summed E-state index contributed by atoms with van der Waals surface area (Å²) in [5.41, 5.74) is 5.92. The molecule has 1 aromatic rings. The van der Waals surface area contributed by atoms with Gasteiger partial charge in [0.1, 0.15) is 6.61 Å². The van der Waals surface area contributed by atoms with Gasteiger partial charge < -0.3 is 15.6 Å². The number of benzene rings is 1. The van der Waals surface area contributed by atoms with Gasteiger partial charge in [-0.15, -0.1) is 0 Å². The van der Waals surface area contributed by atoms with Crippen LogP contribution < -0.4 is 5.73 Å². The van der Waals surface area contributed by atoms with E-state index in [2.05, 4.69) is 0 Å². The Morgan fingerprint density at radius 1 is 1.44 bits per heavy atom. The molecule has 0 aromatic heterocycles. The standard InChI is InChI=1S/C10H10ClNO4/c11-6-1-2-8(12)7(5-6)10(15)16-4-3-9(13)14/h1-2,5H,3-4,12H2,(H,13,14). The summed E-state index contributed by atoms with van der Waals surface area (Å²) in [6, 6.07) is 4.40. The molecule has 0 unspecified atom stereocenters. The number of carboxylic acid groups (broad SMARTS) is 1. The molecule has 0 saturated heterocycles. The van der Waals surface area contributed by atoms with Gasteiger partial charge in [0.05, 0.1) is 12.0 Å². The maximum absolute atomic E-state index is 11.4. The summed E-state index contributed by atoms with van der Waals surface area (Å²) in [6.45, 7) is -0.194. The third-order valence-corrected chi connectivity index (χ3v) is 2.02. The smallest absolute Gasteiger partial charge is 0.340 e. The Labute approximate surface area is 96.8 Å². The Bertz CT molecular complexity index is 419. The summed E-state index contributed by atoms with van der Waals surface area (Å²) in [5.74, 6) is -1.71. The van der Waals surface area contributed by atoms with Crippen molar-refractivity contribution in [2.75, 3.05) is 12.3 Å². The van der Waals surface area contributed by atoms with Gasteiger partial charge in [0.15, 0.2) is 0 Å². The van der Waals surface area contributed by atoms with Crippen molar-refractivity contribution in [1.82, 2.24) is 0 Å². The van der Waals surface area contributed by atoms with Gasteiger partial charge in [-0.25, -0.2) is 4.79 Å². The van der Waals surface area contributed by atoms with Gasteiger partial charge in [-0.3, -0.25) is 4.79 Å². The molecule has 0 saturated carbocycles. The van der Waals surface area contributed by atoms with Gasteiger partial charge >= 0.3 is 11.9 Å². The summed E-state index contributed by atoms with van der Waals surface area (Å²) in [6.07, 6.45) is -0.244. The highest BCUT2D eigenvalue weighted by molar-refractivity contribution is 6.31. The van der Waals surface area contributed by atoms with Crippen molar-refractivity contribution in [3.63, 3.8) is 0 Å². The van der Waals surface area contributed by atoms with Gasteiger partial charge in [-0.2, -0.15) is 0 Å². The quantitative estimate of drug-likeness (QED) is 0.619. The van der Waals surface area contributed by atoms with Gasteiger partial charge in [-0.1, -0.05) is 11.6 Å². The third kappa shape index (κ3) is 3.43. The van der Waals surface area contributed by atoms with Crippen LogP contribution in [0.15, 0.2) is 18.2 Å². The van der Waals surface area contributed by atoms with Crippen LogP contribution in [0.4, 0.5) is 5.69 Å². The molecule has 0 aliphatic rings. The van der Waals surface area contributed by atoms with E-state index in [1.807, 2.05) is 0 Å². The lowest BCUT2D eigenvalue weighted by molar-refractivity contribution is -0.137. The first kappa shape index (κ1) is 12.3. The monoisotopic (exact) mass is 243 g/mol. The highest BCUT2D eigenvalue weighted by Crippen LogP contribution is 2.18. The van der Waals surface area contributed by atoms with Crippen molar-refractivity contribution in [3.8, 4) is 0 Å². The summed E-state index contributed by atoms with van der Waals surface area (Å²) < 4.78 is 4.72. The first-order valence-electron chi connectivity index (χ1n) is 4.44. The van der Waals surface area contributed by atoms with Crippen molar-refractivity contribution in [2.45, 2.75) is 6.42 Å². The number of carboxylic acids is 1. The number of aliphatic carboxylic acids is 1. The van der Waals surface area contributed by atoms with Crippen LogP contribution in [0.1, 0.15) is 16.8 Å². The Kier molecular flexibility index (Phi) is 4.13. The second kappa shape index (κ2) is 5.37. The Morgan fingerprint density at radius 2 is 2.12 bits per heavy atom. The number of hydrogen-bond donors (Lipinski definition) is 2. The second-order valence-electron chi connectivity index (χ2n) is 3.01. The summed E-state index contributed by atoms with van der Waals surface area (Å²) >= 11 is 5.69. The van der Waals surface area contributed by atoms with E-state index in [0.717, 1.165) is 0 Å². The molecular weight excluding hydrogens is 234 g/mol. The van der Waals surface area contributed by atoms with Gasteiger partial charge in [0, 0.05) is 10.7 Å². The maximum atomic E-state index is 11.4. The Morgan fingerprint density at radius 3 is 2.75 bits per heavy atom. The number of carbonyl (C=O) groups is 2. The molecule has 86 valence electrons. The van der Waals surface area contributed by atoms with Crippen LogP contribution in [0.3, 0.4) is 0 Å². The molecule has 3 N–H and O–H groups in total. The molecule has 0 aliphatic carbocycles. The number of carbonyl (C=O) groups excluding carboxylic acids is 1. The van der Waals surface area contributed by atoms with Crippen LogP contribution in [-0.2, 0) is 9.53 Å². The molecule has 0 radical (unpaired) electrons. The molecule has 0 amide bonds. The van der Waals surface area contributed by atoms with E-state index in [4.69, 9.17) is 27.2 Å². The fraction of sp³-hybridized carbons (Fsp3) is 0.200. The first-order valence-corrected chi connectivity index (χ1v) is 4.82. The molecule has 16 heavy (non-hydrogen) atoms. The summed E-state index contributed by atoms with van der Waals surface area (Å²) in [5, 5.41) is 8.72. The molecule has 0 fully saturated rings. The predicted molar refractivity (Wildman–Crippen MR) is 58.4 cm³/mol. The predicted octanol–water partition coefficient (Wildman–Crippen LogP) is 1.55. The number of hydrogen-bond acceptors (Lipinski definition) is 4. The summed E-state index contributed by atoms with van der Waals surface area (Å²) in [4.78, 5) is 21.6. The molecule has 0 spiro atoms. The Hall–Kier alpha value is -1.75. The maximum Gasteiger partial charge on any atom is 0.340 e. The van der Waals surface area contributed by atoms with Crippen molar-refractivity contribution in [2.24, 2.45) is 0 Å². The number of nitrogens with two attached hydrogens (primary N) is 1. The number of ether oxygens (including phenoxy) is 1. The average molecular weight is 244 g/mol. The largest absolute Gasteiger partial charge is 0.481 e. The highest BCUT2D eigenvalue weighted by atomic mass is 35.5. The third-order valence-electron chi connectivity index (χ3n) is 1.78. The van der Waals surface area contributed by atoms with E-state index in [1.165, 1.54) is 12.1 Å². The van der Waals surface area contributed by atoms with E-state index in [0.29, 0.717) is 5.02 Å². The van der Waals surface area contributed by atoms with Crippen LogP contribution in [0.2, 0.25) is 5.02 Å². The number of nitrogen functional groups attached to an aromatic ring is 1. The van der Waals surface area contributed by atoms with Crippen molar-refractivity contribution in [1.29, 1.82) is 0 Å². The highest BCUT2D eigenvalue weighted by Gasteiger charge is 2.12. The van der Waals surface area contributed by atoms with Crippen LogP contribution in [0.5, 0.6) is 0 Å². The average Bonchev–Trinajstić information content (AvgIpc) is 2.21. The fourth-order valence-electron chi connectivity index (χ4n) is 1.01. The van der Waals surface area contributed by atoms with Crippen LogP contribution in [-0.4, -0.2) is 23.7 Å². The molecular formula is C10H10ClNO4. The normalized spacial score (nSPS) is 9.81.